The smallest absolute Gasteiger partial charge is 0.256 e. The highest BCUT2D eigenvalue weighted by molar-refractivity contribution is 6.03. The Kier molecular flexibility index (Phi) is 10.7. The Morgan fingerprint density at radius 3 is 2.62 bits per heavy atom. The van der Waals surface area contributed by atoms with Gasteiger partial charge in [-0.15, -0.1) is 0 Å². The Morgan fingerprint density at radius 1 is 1.02 bits per heavy atom. The maximum Gasteiger partial charge on any atom is 0.256 e. The van der Waals surface area contributed by atoms with Crippen molar-refractivity contribution < 1.29 is 23.9 Å². The molecule has 2 amide bonds. The summed E-state index contributed by atoms with van der Waals surface area (Å²) in [7, 11) is 7.53. The van der Waals surface area contributed by atoms with Crippen LogP contribution in [0.3, 0.4) is 0 Å². The Labute approximate surface area is 275 Å². The van der Waals surface area contributed by atoms with Crippen LogP contribution in [0.2, 0.25) is 0 Å². The number of rotatable bonds is 15. The molecule has 2 aliphatic rings. The lowest BCUT2D eigenvalue weighted by atomic mass is 10.1. The molecular formula is C35H45N7O5. The predicted molar refractivity (Wildman–Crippen MR) is 180 cm³/mol. The van der Waals surface area contributed by atoms with Crippen LogP contribution in [0.5, 0.6) is 5.75 Å². The maximum absolute atomic E-state index is 13.1. The first kappa shape index (κ1) is 33.8. The molecule has 1 N–H and O–H groups in total. The first-order chi connectivity index (χ1) is 22.5. The molecule has 0 saturated carbocycles. The predicted octanol–water partition coefficient (Wildman–Crippen LogP) is 4.53. The minimum absolute atomic E-state index is 0.0107. The van der Waals surface area contributed by atoms with Crippen molar-refractivity contribution in [3.63, 3.8) is 0 Å². The minimum atomic E-state index is -0.189. The summed E-state index contributed by atoms with van der Waals surface area (Å²) in [5.74, 6) is 0.641. The van der Waals surface area contributed by atoms with Crippen LogP contribution in [-0.4, -0.2) is 93.3 Å². The zero-order chi connectivity index (χ0) is 33.7. The topological polar surface area (TPSA) is 131 Å². The van der Waals surface area contributed by atoms with Crippen LogP contribution in [0, 0.1) is 6.92 Å². The number of ketones is 2. The van der Waals surface area contributed by atoms with Crippen molar-refractivity contribution in [2.24, 2.45) is 19.1 Å². The van der Waals surface area contributed by atoms with Crippen LogP contribution in [0.4, 0.5) is 11.4 Å². The monoisotopic (exact) mass is 643 g/mol. The van der Waals surface area contributed by atoms with Crippen LogP contribution < -0.4 is 10.1 Å². The maximum atomic E-state index is 13.1. The molecule has 12 heteroatoms. The van der Waals surface area contributed by atoms with E-state index in [2.05, 4.69) is 20.2 Å². The Morgan fingerprint density at radius 2 is 1.83 bits per heavy atom. The van der Waals surface area contributed by atoms with E-state index in [4.69, 9.17) is 4.74 Å². The summed E-state index contributed by atoms with van der Waals surface area (Å²) in [5, 5.41) is 2.87. The van der Waals surface area contributed by atoms with Gasteiger partial charge in [-0.25, -0.2) is 4.98 Å². The lowest BCUT2D eigenvalue weighted by molar-refractivity contribution is -0.116. The van der Waals surface area contributed by atoms with Crippen molar-refractivity contribution in [2.45, 2.75) is 64.3 Å². The van der Waals surface area contributed by atoms with Gasteiger partial charge in [-0.3, -0.25) is 24.2 Å². The van der Waals surface area contributed by atoms with Crippen molar-refractivity contribution >= 4 is 41.0 Å². The second-order valence-electron chi connectivity index (χ2n) is 12.8. The van der Waals surface area contributed by atoms with Crippen molar-refractivity contribution in [2.75, 3.05) is 39.1 Å². The van der Waals surface area contributed by atoms with E-state index in [1.807, 2.05) is 38.2 Å². The summed E-state index contributed by atoms with van der Waals surface area (Å²) in [5.41, 5.74) is 3.55. The van der Waals surface area contributed by atoms with E-state index in [0.29, 0.717) is 59.3 Å². The number of anilines is 1. The summed E-state index contributed by atoms with van der Waals surface area (Å²) in [6.07, 6.45) is 10.1. The highest BCUT2D eigenvalue weighted by Gasteiger charge is 2.32. The van der Waals surface area contributed by atoms with Crippen LogP contribution in [0.15, 0.2) is 35.6 Å². The van der Waals surface area contributed by atoms with Gasteiger partial charge in [-0.05, 0) is 77.4 Å². The summed E-state index contributed by atoms with van der Waals surface area (Å²) in [6.45, 7) is 3.91. The summed E-state index contributed by atoms with van der Waals surface area (Å²) >= 11 is 0. The van der Waals surface area contributed by atoms with Gasteiger partial charge >= 0.3 is 0 Å². The lowest BCUT2D eigenvalue weighted by Gasteiger charge is -2.20. The second-order valence-corrected chi connectivity index (χ2v) is 12.8. The number of aryl methyl sites for hydroxylation is 3. The Balaban J connectivity index is 1.09. The quantitative estimate of drug-likeness (QED) is 0.190. The van der Waals surface area contributed by atoms with E-state index >= 15 is 0 Å². The number of nitrogens with one attached hydrogen (secondary N) is 1. The van der Waals surface area contributed by atoms with E-state index in [1.165, 1.54) is 0 Å². The standard InChI is InChI=1S/C35H45N7O5/c1-23-16-27-28(36-20-26-10-8-14-42(26)35(27)46)19-32(23)47-15-9-12-33(45)37-24-17-29(40(4)21-24)31(44)18-25-22-41(5)34(38-25)30(43)11-6-7-13-39(2)3/h16-17,19-22,26H,6-15,18H2,1-5H3,(H,37,45)/t26-/m0/s1. The number of hydrogen-bond acceptors (Lipinski definition) is 8. The fraction of sp³-hybridized carbons (Fsp3) is 0.486. The van der Waals surface area contributed by atoms with Gasteiger partial charge in [0.25, 0.3) is 5.91 Å². The highest BCUT2D eigenvalue weighted by Crippen LogP contribution is 2.34. The normalized spacial score (nSPS) is 15.5. The molecule has 12 nitrogen and oxygen atoms in total. The van der Waals surface area contributed by atoms with Gasteiger partial charge in [-0.1, -0.05) is 0 Å². The fourth-order valence-electron chi connectivity index (χ4n) is 6.13. The summed E-state index contributed by atoms with van der Waals surface area (Å²) in [4.78, 5) is 64.5. The number of benzene rings is 1. The third-order valence-electron chi connectivity index (χ3n) is 8.63. The first-order valence-corrected chi connectivity index (χ1v) is 16.3. The molecule has 1 aromatic carbocycles. The molecule has 0 bridgehead atoms. The van der Waals surface area contributed by atoms with Gasteiger partial charge in [0.1, 0.15) is 5.75 Å². The number of aliphatic imine (C=N–C) groups is 1. The average Bonchev–Trinajstić information content (AvgIpc) is 3.72. The van der Waals surface area contributed by atoms with Crippen LogP contribution in [-0.2, 0) is 25.3 Å². The van der Waals surface area contributed by atoms with E-state index in [1.54, 1.807) is 47.8 Å². The lowest BCUT2D eigenvalue weighted by Crippen LogP contribution is -2.35. The first-order valence-electron chi connectivity index (χ1n) is 16.3. The molecule has 0 spiro atoms. The molecule has 0 unspecified atom stereocenters. The molecule has 250 valence electrons. The molecule has 1 saturated heterocycles. The van der Waals surface area contributed by atoms with E-state index in [-0.39, 0.29) is 42.3 Å². The number of unbranched alkanes of at least 4 members (excludes halogenated alkanes) is 1. The largest absolute Gasteiger partial charge is 0.493 e. The number of nitrogens with zero attached hydrogens (tertiary/aromatic N) is 6. The number of imidazole rings is 1. The number of amides is 2. The number of aromatic nitrogens is 3. The number of ether oxygens (including phenoxy) is 1. The molecule has 3 aromatic rings. The molecule has 2 aromatic heterocycles. The molecule has 0 radical (unpaired) electrons. The van der Waals surface area contributed by atoms with Gasteiger partial charge in [0.05, 0.1) is 47.4 Å². The van der Waals surface area contributed by atoms with Gasteiger partial charge < -0.3 is 29.0 Å². The van der Waals surface area contributed by atoms with Gasteiger partial charge in [0, 0.05) is 58.2 Å². The zero-order valence-corrected chi connectivity index (χ0v) is 28.0. The number of hydrogen-bond donors (Lipinski definition) is 1. The average molecular weight is 644 g/mol. The van der Waals surface area contributed by atoms with Crippen molar-refractivity contribution in [3.8, 4) is 5.75 Å². The van der Waals surface area contributed by atoms with E-state index in [0.717, 1.165) is 44.3 Å². The van der Waals surface area contributed by atoms with Crippen molar-refractivity contribution in [3.05, 3.63) is 58.9 Å². The molecule has 1 fully saturated rings. The molecule has 4 heterocycles. The van der Waals surface area contributed by atoms with E-state index in [9.17, 15) is 19.2 Å². The molecule has 2 aliphatic heterocycles. The molecule has 5 rings (SSSR count). The number of carbonyl (C=O) groups is 4. The summed E-state index contributed by atoms with van der Waals surface area (Å²) < 4.78 is 9.35. The number of fused-ring (bicyclic) bond motifs is 2. The number of carbonyl (C=O) groups excluding carboxylic acids is 4. The molecule has 47 heavy (non-hydrogen) atoms. The van der Waals surface area contributed by atoms with Gasteiger partial charge in [-0.2, -0.15) is 0 Å². The van der Waals surface area contributed by atoms with E-state index < -0.39 is 0 Å². The number of Topliss-reactive ketones (excluding diaryl/α,β-unsaturated/α-hetero) is 2. The SMILES string of the molecule is Cc1cc2c(cc1OCCCC(=O)Nc1cc(C(=O)Cc3cn(C)c(C(=O)CCCCN(C)C)n3)n(C)c1)N=C[C@@H]1CCCN1C2=O. The fourth-order valence-corrected chi connectivity index (χ4v) is 6.13. The third kappa shape index (κ3) is 8.23. The third-order valence-corrected chi connectivity index (χ3v) is 8.63. The van der Waals surface area contributed by atoms with Crippen molar-refractivity contribution in [1.82, 2.24) is 23.9 Å². The molecule has 1 atom stereocenters. The van der Waals surface area contributed by atoms with Crippen molar-refractivity contribution in [1.29, 1.82) is 0 Å². The van der Waals surface area contributed by atoms with Crippen LogP contribution in [0.1, 0.15) is 87.7 Å². The summed E-state index contributed by atoms with van der Waals surface area (Å²) in [6, 6.07) is 5.35. The molecular weight excluding hydrogens is 598 g/mol. The highest BCUT2D eigenvalue weighted by atomic mass is 16.5. The second kappa shape index (κ2) is 14.9. The van der Waals surface area contributed by atoms with Crippen LogP contribution in [0.25, 0.3) is 0 Å². The molecule has 0 aliphatic carbocycles. The zero-order valence-electron chi connectivity index (χ0n) is 28.0. The minimum Gasteiger partial charge on any atom is -0.493 e. The Bertz CT molecular complexity index is 1680. The Hall–Kier alpha value is -4.58. The van der Waals surface area contributed by atoms with Gasteiger partial charge in [0.2, 0.25) is 5.91 Å². The van der Waals surface area contributed by atoms with Gasteiger partial charge in [0.15, 0.2) is 17.4 Å². The van der Waals surface area contributed by atoms with Crippen LogP contribution >= 0.6 is 0 Å².